The summed E-state index contributed by atoms with van der Waals surface area (Å²) in [5.74, 6) is 1.01. The molecule has 1 aromatic carbocycles. The molecule has 1 aromatic heterocycles. The number of furan rings is 1. The molecule has 0 bridgehead atoms. The second kappa shape index (κ2) is 6.38. The van der Waals surface area contributed by atoms with Crippen LogP contribution in [0, 0.1) is 0 Å². The SMILES string of the molecule is CN(C)c1ccc(/C=N\NC(=O)c2ccccc2Br)o1. The molecule has 1 amide bonds. The molecule has 0 aliphatic rings. The lowest BCUT2D eigenvalue weighted by Gasteiger charge is -2.05. The van der Waals surface area contributed by atoms with E-state index in [1.807, 2.05) is 31.1 Å². The Labute approximate surface area is 125 Å². The van der Waals surface area contributed by atoms with E-state index in [9.17, 15) is 4.79 Å². The van der Waals surface area contributed by atoms with Crippen molar-refractivity contribution in [3.63, 3.8) is 0 Å². The molecule has 0 spiro atoms. The number of hydrogen-bond acceptors (Lipinski definition) is 4. The third-order valence-electron chi connectivity index (χ3n) is 2.53. The average molecular weight is 336 g/mol. The summed E-state index contributed by atoms with van der Waals surface area (Å²) < 4.78 is 6.20. The van der Waals surface area contributed by atoms with Crippen LogP contribution in [0.3, 0.4) is 0 Å². The van der Waals surface area contributed by atoms with Gasteiger partial charge in [0.25, 0.3) is 5.91 Å². The normalized spacial score (nSPS) is 10.8. The summed E-state index contributed by atoms with van der Waals surface area (Å²) in [7, 11) is 3.77. The van der Waals surface area contributed by atoms with Crippen molar-refractivity contribution in [2.75, 3.05) is 19.0 Å². The second-order valence-corrected chi connectivity index (χ2v) is 5.10. The molecule has 0 fully saturated rings. The number of anilines is 1. The van der Waals surface area contributed by atoms with Crippen LogP contribution in [-0.2, 0) is 0 Å². The Hall–Kier alpha value is -2.08. The molecular formula is C14H14BrN3O2. The minimum absolute atomic E-state index is 0.284. The molecule has 2 rings (SSSR count). The Morgan fingerprint density at radius 3 is 2.70 bits per heavy atom. The zero-order valence-electron chi connectivity index (χ0n) is 11.1. The zero-order chi connectivity index (χ0) is 14.5. The van der Waals surface area contributed by atoms with Gasteiger partial charge >= 0.3 is 0 Å². The van der Waals surface area contributed by atoms with Gasteiger partial charge in [-0.05, 0) is 34.1 Å². The highest BCUT2D eigenvalue weighted by molar-refractivity contribution is 9.10. The molecule has 2 aromatic rings. The fourth-order valence-electron chi connectivity index (χ4n) is 1.51. The standard InChI is InChI=1S/C14H14BrN3O2/c1-18(2)13-8-7-10(20-13)9-16-17-14(19)11-5-3-4-6-12(11)15/h3-9H,1-2H3,(H,17,19)/b16-9-. The van der Waals surface area contributed by atoms with E-state index in [1.54, 1.807) is 24.3 Å². The quantitative estimate of drug-likeness (QED) is 0.690. The van der Waals surface area contributed by atoms with Gasteiger partial charge in [0.05, 0.1) is 11.8 Å². The topological polar surface area (TPSA) is 57.8 Å². The maximum Gasteiger partial charge on any atom is 0.272 e. The first-order valence-electron chi connectivity index (χ1n) is 5.93. The third kappa shape index (κ3) is 3.48. The number of carbonyl (C=O) groups is 1. The van der Waals surface area contributed by atoms with Gasteiger partial charge < -0.3 is 9.32 Å². The van der Waals surface area contributed by atoms with E-state index in [-0.39, 0.29) is 5.91 Å². The number of halogens is 1. The van der Waals surface area contributed by atoms with E-state index in [0.29, 0.717) is 11.3 Å². The van der Waals surface area contributed by atoms with Crippen LogP contribution in [0.5, 0.6) is 0 Å². The smallest absolute Gasteiger partial charge is 0.272 e. The van der Waals surface area contributed by atoms with Crippen molar-refractivity contribution < 1.29 is 9.21 Å². The van der Waals surface area contributed by atoms with Gasteiger partial charge in [-0.1, -0.05) is 12.1 Å². The van der Waals surface area contributed by atoms with Crippen molar-refractivity contribution in [1.29, 1.82) is 0 Å². The second-order valence-electron chi connectivity index (χ2n) is 4.25. The summed E-state index contributed by atoms with van der Waals surface area (Å²) in [5.41, 5.74) is 2.98. The van der Waals surface area contributed by atoms with Crippen molar-refractivity contribution in [3.8, 4) is 0 Å². The van der Waals surface area contributed by atoms with Crippen molar-refractivity contribution in [2.24, 2.45) is 5.10 Å². The Balaban J connectivity index is 1.99. The van der Waals surface area contributed by atoms with Gasteiger partial charge in [-0.25, -0.2) is 5.43 Å². The minimum atomic E-state index is -0.284. The first kappa shape index (κ1) is 14.3. The van der Waals surface area contributed by atoms with Crippen molar-refractivity contribution in [1.82, 2.24) is 5.43 Å². The molecule has 1 heterocycles. The monoisotopic (exact) mass is 335 g/mol. The van der Waals surface area contributed by atoms with Crippen molar-refractivity contribution in [2.45, 2.75) is 0 Å². The van der Waals surface area contributed by atoms with Gasteiger partial charge in [-0.3, -0.25) is 4.79 Å². The van der Waals surface area contributed by atoms with Crippen molar-refractivity contribution >= 4 is 33.9 Å². The Kier molecular flexibility index (Phi) is 4.57. The predicted octanol–water partition coefficient (Wildman–Crippen LogP) is 2.87. The molecule has 1 N–H and O–H groups in total. The summed E-state index contributed by atoms with van der Waals surface area (Å²) in [4.78, 5) is 13.7. The maximum absolute atomic E-state index is 11.9. The van der Waals surface area contributed by atoms with Crippen LogP contribution in [0.2, 0.25) is 0 Å². The molecule has 0 aliphatic heterocycles. The Morgan fingerprint density at radius 2 is 2.05 bits per heavy atom. The Morgan fingerprint density at radius 1 is 1.30 bits per heavy atom. The van der Waals surface area contributed by atoms with Crippen LogP contribution < -0.4 is 10.3 Å². The molecule has 0 unspecified atom stereocenters. The molecule has 0 saturated carbocycles. The Bertz CT molecular complexity index is 635. The summed E-state index contributed by atoms with van der Waals surface area (Å²) >= 11 is 3.32. The highest BCUT2D eigenvalue weighted by Gasteiger charge is 2.07. The maximum atomic E-state index is 11.9. The molecule has 0 radical (unpaired) electrons. The van der Waals surface area contributed by atoms with Gasteiger partial charge in [0.15, 0.2) is 5.88 Å². The van der Waals surface area contributed by atoms with Crippen LogP contribution in [0.25, 0.3) is 0 Å². The molecule has 0 atom stereocenters. The molecule has 20 heavy (non-hydrogen) atoms. The van der Waals surface area contributed by atoms with Crippen LogP contribution in [0.4, 0.5) is 5.88 Å². The predicted molar refractivity (Wildman–Crippen MR) is 82.2 cm³/mol. The molecular weight excluding hydrogens is 322 g/mol. The largest absolute Gasteiger partial charge is 0.440 e. The van der Waals surface area contributed by atoms with E-state index in [2.05, 4.69) is 26.5 Å². The van der Waals surface area contributed by atoms with Gasteiger partial charge in [-0.2, -0.15) is 5.10 Å². The van der Waals surface area contributed by atoms with E-state index in [1.165, 1.54) is 6.21 Å². The summed E-state index contributed by atoms with van der Waals surface area (Å²) in [6, 6.07) is 10.8. The lowest BCUT2D eigenvalue weighted by atomic mass is 10.2. The van der Waals surface area contributed by atoms with E-state index < -0.39 is 0 Å². The van der Waals surface area contributed by atoms with Crippen molar-refractivity contribution in [3.05, 3.63) is 52.2 Å². The molecule has 5 nitrogen and oxygen atoms in total. The molecule has 0 aliphatic carbocycles. The first-order chi connectivity index (χ1) is 9.58. The van der Waals surface area contributed by atoms with Crippen LogP contribution in [0.1, 0.15) is 16.1 Å². The fourth-order valence-corrected chi connectivity index (χ4v) is 1.98. The van der Waals surface area contributed by atoms with Crippen LogP contribution in [-0.4, -0.2) is 26.2 Å². The molecule has 104 valence electrons. The number of nitrogens with one attached hydrogen (secondary N) is 1. The van der Waals surface area contributed by atoms with E-state index >= 15 is 0 Å². The number of carbonyl (C=O) groups excluding carboxylic acids is 1. The average Bonchev–Trinajstić information content (AvgIpc) is 2.88. The summed E-state index contributed by atoms with van der Waals surface area (Å²) in [6.45, 7) is 0. The van der Waals surface area contributed by atoms with E-state index in [0.717, 1.165) is 10.4 Å². The lowest BCUT2D eigenvalue weighted by Crippen LogP contribution is -2.17. The fraction of sp³-hybridized carbons (Fsp3) is 0.143. The highest BCUT2D eigenvalue weighted by Crippen LogP contribution is 2.16. The lowest BCUT2D eigenvalue weighted by molar-refractivity contribution is 0.0954. The number of hydrogen-bond donors (Lipinski definition) is 1. The minimum Gasteiger partial charge on any atom is -0.440 e. The van der Waals surface area contributed by atoms with Crippen LogP contribution >= 0.6 is 15.9 Å². The third-order valence-corrected chi connectivity index (χ3v) is 3.22. The number of nitrogens with zero attached hydrogens (tertiary/aromatic N) is 2. The van der Waals surface area contributed by atoms with Crippen LogP contribution in [0.15, 0.2) is 50.4 Å². The number of hydrazone groups is 1. The number of benzene rings is 1. The van der Waals surface area contributed by atoms with E-state index in [4.69, 9.17) is 4.42 Å². The molecule has 6 heteroatoms. The highest BCUT2D eigenvalue weighted by atomic mass is 79.9. The van der Waals surface area contributed by atoms with Gasteiger partial charge in [0, 0.05) is 24.6 Å². The first-order valence-corrected chi connectivity index (χ1v) is 6.72. The summed E-state index contributed by atoms with van der Waals surface area (Å²) in [5, 5.41) is 3.87. The number of amides is 1. The zero-order valence-corrected chi connectivity index (χ0v) is 12.7. The van der Waals surface area contributed by atoms with Gasteiger partial charge in [-0.15, -0.1) is 0 Å². The number of rotatable bonds is 4. The summed E-state index contributed by atoms with van der Waals surface area (Å²) in [6.07, 6.45) is 1.46. The van der Waals surface area contributed by atoms with Gasteiger partial charge in [0.2, 0.25) is 0 Å². The molecule has 0 saturated heterocycles. The van der Waals surface area contributed by atoms with Gasteiger partial charge in [0.1, 0.15) is 5.76 Å².